The van der Waals surface area contributed by atoms with Crippen molar-refractivity contribution in [2.45, 2.75) is 32.0 Å². The van der Waals surface area contributed by atoms with Crippen molar-refractivity contribution in [1.29, 1.82) is 0 Å². The van der Waals surface area contributed by atoms with Gasteiger partial charge in [0.05, 0.1) is 17.2 Å². The van der Waals surface area contributed by atoms with E-state index < -0.39 is 23.8 Å². The number of hydrogen-bond donors (Lipinski definition) is 2. The zero-order valence-corrected chi connectivity index (χ0v) is 22.5. The van der Waals surface area contributed by atoms with Crippen molar-refractivity contribution in [2.75, 3.05) is 23.3 Å². The van der Waals surface area contributed by atoms with Crippen LogP contribution in [0.15, 0.2) is 59.5 Å². The first kappa shape index (κ1) is 27.7. The van der Waals surface area contributed by atoms with Crippen molar-refractivity contribution in [3.63, 3.8) is 0 Å². The summed E-state index contributed by atoms with van der Waals surface area (Å²) in [6, 6.07) is 11.5. The van der Waals surface area contributed by atoms with Gasteiger partial charge in [-0.15, -0.1) is 0 Å². The summed E-state index contributed by atoms with van der Waals surface area (Å²) in [6.07, 6.45) is -2.71. The van der Waals surface area contributed by atoms with Gasteiger partial charge in [-0.05, 0) is 73.4 Å². The molecule has 3 heterocycles. The second kappa shape index (κ2) is 10.6. The van der Waals surface area contributed by atoms with Crippen molar-refractivity contribution < 1.29 is 23.1 Å². The van der Waals surface area contributed by atoms with Gasteiger partial charge >= 0.3 is 6.18 Å². The third-order valence-corrected chi connectivity index (χ3v) is 7.40. The first-order valence-corrected chi connectivity index (χ1v) is 13.0. The highest BCUT2D eigenvalue weighted by molar-refractivity contribution is 6.30. The van der Waals surface area contributed by atoms with Crippen molar-refractivity contribution >= 4 is 39.8 Å². The molecule has 40 heavy (non-hydrogen) atoms. The lowest BCUT2D eigenvalue weighted by molar-refractivity contribution is -0.137. The molecule has 11 heteroatoms. The first-order valence-electron chi connectivity index (χ1n) is 12.6. The Kier molecular flexibility index (Phi) is 7.32. The molecule has 0 atom stereocenters. The number of aliphatic hydroxyl groups is 1. The van der Waals surface area contributed by atoms with E-state index in [-0.39, 0.29) is 22.0 Å². The van der Waals surface area contributed by atoms with Crippen molar-refractivity contribution in [3.8, 4) is 11.1 Å². The van der Waals surface area contributed by atoms with Crippen LogP contribution in [-0.4, -0.2) is 39.8 Å². The molecular weight excluding hydrogens is 545 g/mol. The van der Waals surface area contributed by atoms with Gasteiger partial charge in [-0.1, -0.05) is 17.7 Å². The van der Waals surface area contributed by atoms with E-state index in [1.54, 1.807) is 48.5 Å². The van der Waals surface area contributed by atoms with Crippen LogP contribution in [0.25, 0.3) is 22.0 Å². The molecule has 0 unspecified atom stereocenters. The van der Waals surface area contributed by atoms with Gasteiger partial charge in [0.1, 0.15) is 5.15 Å². The van der Waals surface area contributed by atoms with Gasteiger partial charge in [-0.25, -0.2) is 4.98 Å². The molecule has 4 aromatic rings. The van der Waals surface area contributed by atoms with E-state index in [1.165, 1.54) is 10.6 Å². The standard InChI is InChI=1S/C29H26ClF3N4O3/c1-16-3-4-20(13-23(16)24-11-18-15-34-26(30)14-25(18)36(2)28(24)40)35-27(39)17-9-19(29(31,32)33)12-21(10-17)37-7-5-22(38)6-8-37/h3-4,9-15,22,38H,5-8H2,1-2H3,(H,35,39). The Bertz CT molecular complexity index is 1680. The first-order chi connectivity index (χ1) is 18.9. The quantitative estimate of drug-likeness (QED) is 0.303. The topological polar surface area (TPSA) is 87.5 Å². The monoisotopic (exact) mass is 570 g/mol. The third-order valence-electron chi connectivity index (χ3n) is 7.20. The van der Waals surface area contributed by atoms with Crippen molar-refractivity contribution in [3.05, 3.63) is 86.9 Å². The van der Waals surface area contributed by atoms with Crippen molar-refractivity contribution in [1.82, 2.24) is 9.55 Å². The lowest BCUT2D eigenvalue weighted by atomic mass is 9.99. The fraction of sp³-hybridized carbons (Fsp3) is 0.276. The fourth-order valence-corrected chi connectivity index (χ4v) is 5.09. The van der Waals surface area contributed by atoms with E-state index in [1.807, 2.05) is 6.92 Å². The van der Waals surface area contributed by atoms with Gasteiger partial charge in [0.25, 0.3) is 11.5 Å². The van der Waals surface area contributed by atoms with Crippen LogP contribution in [0, 0.1) is 6.92 Å². The van der Waals surface area contributed by atoms with Crippen LogP contribution in [-0.2, 0) is 13.2 Å². The second-order valence-corrected chi connectivity index (χ2v) is 10.3. The van der Waals surface area contributed by atoms with E-state index in [2.05, 4.69) is 10.3 Å². The minimum absolute atomic E-state index is 0.150. The van der Waals surface area contributed by atoms with Gasteiger partial charge in [0.15, 0.2) is 0 Å². The molecule has 1 amide bonds. The number of rotatable bonds is 4. The highest BCUT2D eigenvalue weighted by Gasteiger charge is 2.33. The average Bonchev–Trinajstić information content (AvgIpc) is 2.92. The van der Waals surface area contributed by atoms with Crippen LogP contribution in [0.1, 0.15) is 34.3 Å². The van der Waals surface area contributed by atoms with E-state index in [4.69, 9.17) is 11.6 Å². The molecule has 0 spiro atoms. The van der Waals surface area contributed by atoms with E-state index in [0.717, 1.165) is 17.7 Å². The number of aromatic nitrogens is 2. The highest BCUT2D eigenvalue weighted by Crippen LogP contribution is 2.34. The number of anilines is 2. The Labute approximate surface area is 232 Å². The fourth-order valence-electron chi connectivity index (χ4n) is 4.94. The maximum Gasteiger partial charge on any atom is 0.416 e. The van der Waals surface area contributed by atoms with Gasteiger partial charge in [-0.2, -0.15) is 13.2 Å². The molecule has 0 radical (unpaired) electrons. The minimum Gasteiger partial charge on any atom is -0.393 e. The number of nitrogens with zero attached hydrogens (tertiary/aromatic N) is 3. The Hall–Kier alpha value is -3.89. The van der Waals surface area contributed by atoms with Gasteiger partial charge < -0.3 is 19.9 Å². The summed E-state index contributed by atoms with van der Waals surface area (Å²) in [5.41, 5.74) is 1.54. The van der Waals surface area contributed by atoms with Gasteiger partial charge in [-0.3, -0.25) is 9.59 Å². The molecule has 208 valence electrons. The molecule has 1 aliphatic rings. The summed E-state index contributed by atoms with van der Waals surface area (Å²) in [6.45, 7) is 2.58. The SMILES string of the molecule is Cc1ccc(NC(=O)c2cc(N3CCC(O)CC3)cc(C(F)(F)F)c2)cc1-c1cc2cnc(Cl)cc2n(C)c1=O. The summed E-state index contributed by atoms with van der Waals surface area (Å²) >= 11 is 6.00. The number of fused-ring (bicyclic) bond motifs is 1. The molecule has 5 rings (SSSR count). The maximum absolute atomic E-state index is 13.7. The zero-order valence-electron chi connectivity index (χ0n) is 21.7. The highest BCUT2D eigenvalue weighted by atomic mass is 35.5. The third kappa shape index (κ3) is 5.55. The average molecular weight is 571 g/mol. The Morgan fingerprint density at radius 3 is 2.50 bits per heavy atom. The number of aliphatic hydroxyl groups excluding tert-OH is 1. The maximum atomic E-state index is 13.7. The molecular formula is C29H26ClF3N4O3. The predicted octanol–water partition coefficient (Wildman–Crippen LogP) is 5.79. The summed E-state index contributed by atoms with van der Waals surface area (Å²) in [5, 5.41) is 13.4. The summed E-state index contributed by atoms with van der Waals surface area (Å²) < 4.78 is 42.6. The van der Waals surface area contributed by atoms with Gasteiger partial charge in [0.2, 0.25) is 0 Å². The number of piperidine rings is 1. The molecule has 1 fully saturated rings. The molecule has 2 N–H and O–H groups in total. The smallest absolute Gasteiger partial charge is 0.393 e. The van der Waals surface area contributed by atoms with Crippen LogP contribution in [0.4, 0.5) is 24.5 Å². The molecule has 0 bridgehead atoms. The van der Waals surface area contributed by atoms with Crippen molar-refractivity contribution in [2.24, 2.45) is 7.05 Å². The molecule has 0 aliphatic carbocycles. The molecule has 1 aliphatic heterocycles. The Morgan fingerprint density at radius 2 is 1.80 bits per heavy atom. The number of carbonyl (C=O) groups is 1. The Balaban J connectivity index is 1.50. The second-order valence-electron chi connectivity index (χ2n) is 9.96. The van der Waals surface area contributed by atoms with E-state index >= 15 is 0 Å². The van der Waals surface area contributed by atoms with Crippen LogP contribution in [0.5, 0.6) is 0 Å². The number of carbonyl (C=O) groups excluding carboxylic acids is 1. The summed E-state index contributed by atoms with van der Waals surface area (Å²) in [4.78, 5) is 32.3. The zero-order chi connectivity index (χ0) is 28.8. The number of nitrogens with one attached hydrogen (secondary N) is 1. The number of benzene rings is 2. The van der Waals surface area contributed by atoms with Crippen LogP contribution in [0.2, 0.25) is 5.15 Å². The van der Waals surface area contributed by atoms with Crippen LogP contribution in [0.3, 0.4) is 0 Å². The number of halogens is 4. The number of amides is 1. The lowest BCUT2D eigenvalue weighted by Gasteiger charge is -2.32. The molecule has 2 aromatic heterocycles. The molecule has 0 saturated carbocycles. The normalized spacial score (nSPS) is 14.5. The predicted molar refractivity (Wildman–Crippen MR) is 149 cm³/mol. The lowest BCUT2D eigenvalue weighted by Crippen LogP contribution is -2.36. The largest absolute Gasteiger partial charge is 0.416 e. The molecule has 1 saturated heterocycles. The van der Waals surface area contributed by atoms with Crippen LogP contribution < -0.4 is 15.8 Å². The van der Waals surface area contributed by atoms with E-state index in [0.29, 0.717) is 53.6 Å². The summed E-state index contributed by atoms with van der Waals surface area (Å²) in [7, 11) is 1.62. The Morgan fingerprint density at radius 1 is 1.07 bits per heavy atom. The van der Waals surface area contributed by atoms with Crippen LogP contribution >= 0.6 is 11.6 Å². The minimum atomic E-state index is -4.65. The van der Waals surface area contributed by atoms with E-state index in [9.17, 15) is 27.9 Å². The number of alkyl halides is 3. The summed E-state index contributed by atoms with van der Waals surface area (Å²) in [5.74, 6) is -0.718. The molecule has 2 aromatic carbocycles. The molecule has 7 nitrogen and oxygen atoms in total. The van der Waals surface area contributed by atoms with Gasteiger partial charge in [0, 0.05) is 54.2 Å². The number of hydrogen-bond acceptors (Lipinski definition) is 5. The number of aryl methyl sites for hydroxylation is 2. The number of pyridine rings is 2.